The fourth-order valence-electron chi connectivity index (χ4n) is 3.46. The van der Waals surface area contributed by atoms with Crippen LogP contribution >= 0.6 is 0 Å². The number of morpholine rings is 1. The number of fused-ring (bicyclic) bond motifs is 1. The van der Waals surface area contributed by atoms with Gasteiger partial charge in [-0.2, -0.15) is 0 Å². The normalized spacial score (nSPS) is 21.0. The molecule has 7 heteroatoms. The van der Waals surface area contributed by atoms with Gasteiger partial charge in [-0.1, -0.05) is 6.07 Å². The minimum absolute atomic E-state index is 0.0323. The van der Waals surface area contributed by atoms with Crippen LogP contribution in [0, 0.1) is 0 Å². The average molecular weight is 366 g/mol. The molecule has 0 spiro atoms. The molecule has 6 nitrogen and oxygen atoms in total. The highest BCUT2D eigenvalue weighted by Gasteiger charge is 2.22. The Kier molecular flexibility index (Phi) is 5.76. The van der Waals surface area contributed by atoms with Crippen molar-refractivity contribution < 1.29 is 17.9 Å². The number of nitrogens with one attached hydrogen (secondary N) is 1. The Morgan fingerprint density at radius 2 is 2.04 bits per heavy atom. The van der Waals surface area contributed by atoms with E-state index >= 15 is 0 Å². The molecule has 3 rings (SSSR count). The molecule has 1 saturated heterocycles. The zero-order valence-electron chi connectivity index (χ0n) is 14.7. The Balaban J connectivity index is 1.56. The van der Waals surface area contributed by atoms with Gasteiger partial charge in [0.2, 0.25) is 15.9 Å². The quantitative estimate of drug-likeness (QED) is 0.856. The lowest BCUT2D eigenvalue weighted by atomic mass is 9.92. The highest BCUT2D eigenvalue weighted by molar-refractivity contribution is 7.89. The van der Waals surface area contributed by atoms with Crippen LogP contribution in [0.25, 0.3) is 0 Å². The number of sulfonamides is 1. The molecule has 0 aromatic heterocycles. The summed E-state index contributed by atoms with van der Waals surface area (Å²) in [6, 6.07) is 5.36. The van der Waals surface area contributed by atoms with Gasteiger partial charge in [-0.25, -0.2) is 13.1 Å². The number of hydrogen-bond acceptors (Lipinski definition) is 4. The Morgan fingerprint density at radius 3 is 2.80 bits per heavy atom. The lowest BCUT2D eigenvalue weighted by molar-refractivity contribution is -0.137. The molecule has 0 saturated carbocycles. The molecule has 1 unspecified atom stereocenters. The minimum Gasteiger partial charge on any atom is -0.375 e. The fraction of sp³-hybridized carbons (Fsp3) is 0.611. The average Bonchev–Trinajstić information content (AvgIpc) is 2.61. The van der Waals surface area contributed by atoms with Crippen molar-refractivity contribution in [3.05, 3.63) is 29.3 Å². The van der Waals surface area contributed by atoms with Crippen LogP contribution < -0.4 is 4.72 Å². The molecule has 1 heterocycles. The second-order valence-corrected chi connectivity index (χ2v) is 8.57. The lowest BCUT2D eigenvalue weighted by Crippen LogP contribution is -2.45. The molecule has 1 atom stereocenters. The largest absolute Gasteiger partial charge is 0.375 e. The molecule has 138 valence electrons. The van der Waals surface area contributed by atoms with Gasteiger partial charge in [0, 0.05) is 26.1 Å². The first-order valence-corrected chi connectivity index (χ1v) is 10.4. The first-order chi connectivity index (χ1) is 12.0. The number of hydrogen-bond donors (Lipinski definition) is 1. The Morgan fingerprint density at radius 1 is 1.28 bits per heavy atom. The number of carbonyl (C=O) groups excluding carboxylic acids is 1. The monoisotopic (exact) mass is 366 g/mol. The van der Waals surface area contributed by atoms with Crippen LogP contribution in [0.4, 0.5) is 0 Å². The van der Waals surface area contributed by atoms with Crippen LogP contribution in [0.2, 0.25) is 0 Å². The maximum atomic E-state index is 12.5. The van der Waals surface area contributed by atoms with Gasteiger partial charge in [-0.3, -0.25) is 4.79 Å². The smallest absolute Gasteiger partial charge is 0.240 e. The third-order valence-electron chi connectivity index (χ3n) is 4.85. The van der Waals surface area contributed by atoms with Gasteiger partial charge in [-0.15, -0.1) is 0 Å². The van der Waals surface area contributed by atoms with Crippen LogP contribution in [-0.4, -0.2) is 51.6 Å². The molecule has 0 bridgehead atoms. The number of nitrogens with zero attached hydrogens (tertiary/aromatic N) is 1. The van der Waals surface area contributed by atoms with E-state index < -0.39 is 10.0 Å². The molecule has 25 heavy (non-hydrogen) atoms. The summed E-state index contributed by atoms with van der Waals surface area (Å²) in [4.78, 5) is 14.2. The standard InChI is InChI=1S/C18H26N2O4S/c1-14-13-20(10-11-24-14)18(21)8-9-19-25(22,23)17-7-6-15-4-2-3-5-16(15)12-17/h6-7,12,14,19H,2-5,8-11,13H2,1H3. The third kappa shape index (κ3) is 4.59. The zero-order valence-corrected chi connectivity index (χ0v) is 15.5. The molecule has 1 amide bonds. The van der Waals surface area contributed by atoms with E-state index in [4.69, 9.17) is 4.74 Å². The van der Waals surface area contributed by atoms with E-state index in [9.17, 15) is 13.2 Å². The van der Waals surface area contributed by atoms with E-state index in [0.29, 0.717) is 24.6 Å². The summed E-state index contributed by atoms with van der Waals surface area (Å²) in [7, 11) is -3.58. The molecule has 1 aliphatic heterocycles. The lowest BCUT2D eigenvalue weighted by Gasteiger charge is -2.31. The van der Waals surface area contributed by atoms with Crippen molar-refractivity contribution in [2.45, 2.75) is 50.0 Å². The van der Waals surface area contributed by atoms with Crippen molar-refractivity contribution in [1.82, 2.24) is 9.62 Å². The molecule has 1 aromatic rings. The van der Waals surface area contributed by atoms with Gasteiger partial charge in [-0.05, 0) is 55.9 Å². The van der Waals surface area contributed by atoms with Crippen molar-refractivity contribution in [1.29, 1.82) is 0 Å². The maximum absolute atomic E-state index is 12.5. The second kappa shape index (κ2) is 7.85. The van der Waals surface area contributed by atoms with Gasteiger partial charge in [0.05, 0.1) is 17.6 Å². The zero-order chi connectivity index (χ0) is 17.9. The highest BCUT2D eigenvalue weighted by Crippen LogP contribution is 2.24. The number of benzene rings is 1. The van der Waals surface area contributed by atoms with Gasteiger partial charge in [0.1, 0.15) is 0 Å². The van der Waals surface area contributed by atoms with Gasteiger partial charge < -0.3 is 9.64 Å². The number of aryl methyl sites for hydroxylation is 2. The highest BCUT2D eigenvalue weighted by atomic mass is 32.2. The van der Waals surface area contributed by atoms with Crippen molar-refractivity contribution in [2.75, 3.05) is 26.2 Å². The number of amides is 1. The van der Waals surface area contributed by atoms with Gasteiger partial charge >= 0.3 is 0 Å². The topological polar surface area (TPSA) is 75.7 Å². The molecule has 1 aromatic carbocycles. The second-order valence-electron chi connectivity index (χ2n) is 6.81. The predicted molar refractivity (Wildman–Crippen MR) is 94.9 cm³/mol. The van der Waals surface area contributed by atoms with E-state index in [1.807, 2.05) is 13.0 Å². The van der Waals surface area contributed by atoms with Crippen molar-refractivity contribution in [3.63, 3.8) is 0 Å². The minimum atomic E-state index is -3.58. The third-order valence-corrected chi connectivity index (χ3v) is 6.31. The summed E-state index contributed by atoms with van der Waals surface area (Å²) in [5.74, 6) is -0.0386. The SMILES string of the molecule is CC1CN(C(=O)CCNS(=O)(=O)c2ccc3c(c2)CCCC3)CCO1. The number of rotatable bonds is 5. The Labute approximate surface area is 149 Å². The molecule has 1 aliphatic carbocycles. The van der Waals surface area contributed by atoms with Crippen LogP contribution in [0.15, 0.2) is 23.1 Å². The molecular weight excluding hydrogens is 340 g/mol. The molecule has 1 N–H and O–H groups in total. The van der Waals surface area contributed by atoms with E-state index in [0.717, 1.165) is 24.8 Å². The Bertz CT molecular complexity index is 733. The summed E-state index contributed by atoms with van der Waals surface area (Å²) < 4.78 is 32.9. The van der Waals surface area contributed by atoms with Crippen LogP contribution in [-0.2, 0) is 32.4 Å². The molecule has 0 radical (unpaired) electrons. The fourth-order valence-corrected chi connectivity index (χ4v) is 4.54. The van der Waals surface area contributed by atoms with Crippen LogP contribution in [0.3, 0.4) is 0 Å². The molecular formula is C18H26N2O4S. The van der Waals surface area contributed by atoms with Crippen LogP contribution in [0.1, 0.15) is 37.3 Å². The van der Waals surface area contributed by atoms with Crippen molar-refractivity contribution in [2.24, 2.45) is 0 Å². The summed E-state index contributed by atoms with van der Waals surface area (Å²) >= 11 is 0. The molecule has 2 aliphatic rings. The van der Waals surface area contributed by atoms with E-state index in [1.54, 1.807) is 17.0 Å². The maximum Gasteiger partial charge on any atom is 0.240 e. The first kappa shape index (κ1) is 18.4. The summed E-state index contributed by atoms with van der Waals surface area (Å²) in [6.45, 7) is 3.72. The van der Waals surface area contributed by atoms with Crippen molar-refractivity contribution in [3.8, 4) is 0 Å². The predicted octanol–water partition coefficient (Wildman–Crippen LogP) is 1.48. The number of carbonyl (C=O) groups is 1. The number of ether oxygens (including phenoxy) is 1. The molecule has 1 fully saturated rings. The van der Waals surface area contributed by atoms with Gasteiger partial charge in [0.15, 0.2) is 0 Å². The van der Waals surface area contributed by atoms with Gasteiger partial charge in [0.25, 0.3) is 0 Å². The summed E-state index contributed by atoms with van der Waals surface area (Å²) in [6.07, 6.45) is 4.43. The van der Waals surface area contributed by atoms with E-state index in [1.165, 1.54) is 12.0 Å². The summed E-state index contributed by atoms with van der Waals surface area (Å²) in [5, 5.41) is 0. The van der Waals surface area contributed by atoms with E-state index in [2.05, 4.69) is 4.72 Å². The Hall–Kier alpha value is -1.44. The van der Waals surface area contributed by atoms with Crippen molar-refractivity contribution >= 4 is 15.9 Å². The summed E-state index contributed by atoms with van der Waals surface area (Å²) in [5.41, 5.74) is 2.38. The van der Waals surface area contributed by atoms with E-state index in [-0.39, 0.29) is 25.0 Å². The van der Waals surface area contributed by atoms with Crippen LogP contribution in [0.5, 0.6) is 0 Å². The first-order valence-electron chi connectivity index (χ1n) is 8.96.